The second-order valence-electron chi connectivity index (χ2n) is 7.63. The molecule has 1 heterocycles. The number of pyridine rings is 1. The van der Waals surface area contributed by atoms with Gasteiger partial charge in [-0.15, -0.1) is 0 Å². The zero-order valence-electron chi connectivity index (χ0n) is 18.7. The van der Waals surface area contributed by atoms with Crippen molar-refractivity contribution in [3.8, 4) is 0 Å². The summed E-state index contributed by atoms with van der Waals surface area (Å²) in [5, 5.41) is 5.66. The van der Waals surface area contributed by atoms with E-state index in [-0.39, 0.29) is 11.8 Å². The summed E-state index contributed by atoms with van der Waals surface area (Å²) in [5.41, 5.74) is 7.54. The normalized spacial score (nSPS) is 10.8. The van der Waals surface area contributed by atoms with Crippen molar-refractivity contribution >= 4 is 23.2 Å². The van der Waals surface area contributed by atoms with Gasteiger partial charge in [0.25, 0.3) is 11.8 Å². The number of nitrogens with one attached hydrogen (secondary N) is 2. The second-order valence-corrected chi connectivity index (χ2v) is 7.63. The Morgan fingerprint density at radius 3 is 2.23 bits per heavy atom. The lowest BCUT2D eigenvalue weighted by Gasteiger charge is -2.21. The van der Waals surface area contributed by atoms with Gasteiger partial charge in [-0.3, -0.25) is 14.6 Å². The summed E-state index contributed by atoms with van der Waals surface area (Å²) in [6.07, 6.45) is 7.10. The van der Waals surface area contributed by atoms with Gasteiger partial charge in [-0.2, -0.15) is 0 Å². The number of nitrogen functional groups attached to an aromatic ring is 1. The van der Waals surface area contributed by atoms with Crippen LogP contribution in [0.5, 0.6) is 0 Å². The van der Waals surface area contributed by atoms with E-state index in [4.69, 9.17) is 5.73 Å². The Morgan fingerprint density at radius 2 is 1.61 bits per heavy atom. The standard InChI is InChI=1S/C24H35N5O2/c1-3-5-15-29(16-6-4-2)17-9-14-26-24(31)22-13-12-19(18-27-22)23(30)28-21-11-8-7-10-20(21)25/h7-8,10-13,18H,3-6,9,14-17,25H2,1-2H3,(H,26,31)(H,28,30). The SMILES string of the molecule is CCCCN(CCCC)CCCNC(=O)c1ccc(C(=O)Nc2ccccc2N)cn1. The van der Waals surface area contributed by atoms with Crippen molar-refractivity contribution in [2.75, 3.05) is 37.2 Å². The van der Waals surface area contributed by atoms with Gasteiger partial charge in [-0.25, -0.2) is 0 Å². The summed E-state index contributed by atoms with van der Waals surface area (Å²) >= 11 is 0. The van der Waals surface area contributed by atoms with Crippen LogP contribution in [0.3, 0.4) is 0 Å². The molecule has 1 aromatic heterocycles. The Bertz CT molecular complexity index is 815. The number of aromatic nitrogens is 1. The molecular weight excluding hydrogens is 390 g/mol. The van der Waals surface area contributed by atoms with Crippen molar-refractivity contribution in [3.63, 3.8) is 0 Å². The molecule has 2 amide bonds. The lowest BCUT2D eigenvalue weighted by molar-refractivity contribution is 0.0944. The van der Waals surface area contributed by atoms with Gasteiger partial charge in [-0.05, 0) is 63.2 Å². The molecule has 1 aromatic carbocycles. The molecule has 0 fully saturated rings. The van der Waals surface area contributed by atoms with Crippen LogP contribution in [0.25, 0.3) is 0 Å². The van der Waals surface area contributed by atoms with Gasteiger partial charge in [0, 0.05) is 12.7 Å². The highest BCUT2D eigenvalue weighted by molar-refractivity contribution is 6.05. The van der Waals surface area contributed by atoms with E-state index in [9.17, 15) is 9.59 Å². The molecule has 31 heavy (non-hydrogen) atoms. The van der Waals surface area contributed by atoms with Gasteiger partial charge in [0.15, 0.2) is 0 Å². The number of carbonyl (C=O) groups is 2. The van der Waals surface area contributed by atoms with E-state index < -0.39 is 0 Å². The zero-order valence-corrected chi connectivity index (χ0v) is 18.7. The fourth-order valence-corrected chi connectivity index (χ4v) is 3.16. The Hall–Kier alpha value is -2.93. The highest BCUT2D eigenvalue weighted by Crippen LogP contribution is 2.17. The van der Waals surface area contributed by atoms with Gasteiger partial charge in [-0.1, -0.05) is 38.8 Å². The molecule has 0 aliphatic carbocycles. The van der Waals surface area contributed by atoms with E-state index in [0.29, 0.717) is 29.2 Å². The van der Waals surface area contributed by atoms with Gasteiger partial charge in [0.1, 0.15) is 5.69 Å². The number of hydrogen-bond donors (Lipinski definition) is 3. The number of unbranched alkanes of at least 4 members (excludes halogenated alkanes) is 2. The highest BCUT2D eigenvalue weighted by Gasteiger charge is 2.12. The van der Waals surface area contributed by atoms with E-state index in [1.54, 1.807) is 36.4 Å². The van der Waals surface area contributed by atoms with E-state index in [1.807, 2.05) is 0 Å². The molecule has 0 aliphatic rings. The molecule has 0 atom stereocenters. The summed E-state index contributed by atoms with van der Waals surface area (Å²) in [7, 11) is 0. The predicted molar refractivity (Wildman–Crippen MR) is 126 cm³/mol. The minimum atomic E-state index is -0.323. The number of anilines is 2. The van der Waals surface area contributed by atoms with Crippen LogP contribution >= 0.6 is 0 Å². The smallest absolute Gasteiger partial charge is 0.269 e. The number of rotatable bonds is 13. The number of carbonyl (C=O) groups excluding carboxylic acids is 2. The van der Waals surface area contributed by atoms with Crippen LogP contribution in [0.1, 0.15) is 66.8 Å². The number of nitrogens with two attached hydrogens (primary N) is 1. The topological polar surface area (TPSA) is 100 Å². The van der Waals surface area contributed by atoms with Crippen molar-refractivity contribution in [1.29, 1.82) is 0 Å². The fraction of sp³-hybridized carbons (Fsp3) is 0.458. The minimum Gasteiger partial charge on any atom is -0.397 e. The third-order valence-electron chi connectivity index (χ3n) is 5.06. The molecule has 0 aliphatic heterocycles. The maximum atomic E-state index is 12.4. The van der Waals surface area contributed by atoms with Crippen molar-refractivity contribution < 1.29 is 9.59 Å². The zero-order chi connectivity index (χ0) is 22.5. The number of para-hydroxylation sites is 2. The van der Waals surface area contributed by atoms with Gasteiger partial charge >= 0.3 is 0 Å². The summed E-state index contributed by atoms with van der Waals surface area (Å²) in [4.78, 5) is 31.3. The maximum absolute atomic E-state index is 12.4. The maximum Gasteiger partial charge on any atom is 0.269 e. The third-order valence-corrected chi connectivity index (χ3v) is 5.06. The fourth-order valence-electron chi connectivity index (χ4n) is 3.16. The number of nitrogens with zero attached hydrogens (tertiary/aromatic N) is 2. The van der Waals surface area contributed by atoms with Crippen LogP contribution in [-0.4, -0.2) is 47.9 Å². The Labute approximate surface area is 185 Å². The molecule has 7 nitrogen and oxygen atoms in total. The monoisotopic (exact) mass is 425 g/mol. The minimum absolute atomic E-state index is 0.229. The highest BCUT2D eigenvalue weighted by atomic mass is 16.2. The van der Waals surface area contributed by atoms with Crippen LogP contribution < -0.4 is 16.4 Å². The molecule has 4 N–H and O–H groups in total. The number of benzene rings is 1. The number of hydrogen-bond acceptors (Lipinski definition) is 5. The van der Waals surface area contributed by atoms with Crippen LogP contribution in [0.15, 0.2) is 42.6 Å². The quantitative estimate of drug-likeness (QED) is 0.333. The molecule has 7 heteroatoms. The van der Waals surface area contributed by atoms with Crippen LogP contribution in [-0.2, 0) is 0 Å². The van der Waals surface area contributed by atoms with E-state index in [2.05, 4.69) is 34.4 Å². The molecule has 0 spiro atoms. The molecule has 0 saturated heterocycles. The first-order chi connectivity index (χ1) is 15.0. The van der Waals surface area contributed by atoms with E-state index in [0.717, 1.165) is 26.1 Å². The lowest BCUT2D eigenvalue weighted by Crippen LogP contribution is -2.31. The van der Waals surface area contributed by atoms with Crippen LogP contribution in [0.2, 0.25) is 0 Å². The van der Waals surface area contributed by atoms with Gasteiger partial charge in [0.05, 0.1) is 16.9 Å². The van der Waals surface area contributed by atoms with Crippen molar-refractivity contribution in [1.82, 2.24) is 15.2 Å². The van der Waals surface area contributed by atoms with Crippen molar-refractivity contribution in [2.24, 2.45) is 0 Å². The molecule has 0 radical (unpaired) electrons. The summed E-state index contributed by atoms with van der Waals surface area (Å²) in [6, 6.07) is 10.2. The molecule has 2 rings (SSSR count). The molecule has 168 valence electrons. The molecule has 0 saturated carbocycles. The summed E-state index contributed by atoms with van der Waals surface area (Å²) in [6.45, 7) is 8.23. The summed E-state index contributed by atoms with van der Waals surface area (Å²) in [5.74, 6) is -0.551. The van der Waals surface area contributed by atoms with Crippen molar-refractivity contribution in [2.45, 2.75) is 46.0 Å². The summed E-state index contributed by atoms with van der Waals surface area (Å²) < 4.78 is 0. The average molecular weight is 426 g/mol. The van der Waals surface area contributed by atoms with Crippen LogP contribution in [0, 0.1) is 0 Å². The van der Waals surface area contributed by atoms with E-state index >= 15 is 0 Å². The predicted octanol–water partition coefficient (Wildman–Crippen LogP) is 3.94. The molecule has 2 aromatic rings. The third kappa shape index (κ3) is 8.38. The molecule has 0 bridgehead atoms. The largest absolute Gasteiger partial charge is 0.397 e. The van der Waals surface area contributed by atoms with Gasteiger partial charge < -0.3 is 21.3 Å². The first-order valence-electron chi connectivity index (χ1n) is 11.2. The second kappa shape index (κ2) is 13.4. The van der Waals surface area contributed by atoms with E-state index in [1.165, 1.54) is 31.9 Å². The Kier molecular flexibility index (Phi) is 10.5. The first-order valence-corrected chi connectivity index (χ1v) is 11.2. The Morgan fingerprint density at radius 1 is 0.935 bits per heavy atom. The lowest BCUT2D eigenvalue weighted by atomic mass is 10.2. The average Bonchev–Trinajstić information content (AvgIpc) is 2.79. The Balaban J connectivity index is 1.79. The molecule has 0 unspecified atom stereocenters. The van der Waals surface area contributed by atoms with Gasteiger partial charge in [0.2, 0.25) is 0 Å². The van der Waals surface area contributed by atoms with Crippen molar-refractivity contribution in [3.05, 3.63) is 53.9 Å². The number of amides is 2. The molecular formula is C24H35N5O2. The first kappa shape index (κ1) is 24.3. The van der Waals surface area contributed by atoms with Crippen LogP contribution in [0.4, 0.5) is 11.4 Å².